The van der Waals surface area contributed by atoms with Crippen molar-refractivity contribution in [3.05, 3.63) is 39.4 Å². The highest BCUT2D eigenvalue weighted by Gasteiger charge is 2.38. The Kier molecular flexibility index (Phi) is 3.59. The first-order chi connectivity index (χ1) is 8.14. The van der Waals surface area contributed by atoms with Crippen molar-refractivity contribution in [2.24, 2.45) is 0 Å². The maximum atomic E-state index is 12.5. The van der Waals surface area contributed by atoms with Crippen molar-refractivity contribution in [2.75, 3.05) is 0 Å². The Morgan fingerprint density at radius 2 is 2.00 bits per heavy atom. The molecule has 0 amide bonds. The Hall–Kier alpha value is -2.12. The maximum Gasteiger partial charge on any atom is 0.422 e. The summed E-state index contributed by atoms with van der Waals surface area (Å²) in [6.45, 7) is 1.23. The average molecular weight is 263 g/mol. The van der Waals surface area contributed by atoms with Gasteiger partial charge in [-0.2, -0.15) is 13.2 Å². The smallest absolute Gasteiger partial charge is 0.422 e. The molecule has 0 aliphatic rings. The van der Waals surface area contributed by atoms with Gasteiger partial charge in [0.25, 0.3) is 5.69 Å². The molecule has 0 bridgehead atoms. The van der Waals surface area contributed by atoms with Gasteiger partial charge in [-0.3, -0.25) is 14.9 Å². The van der Waals surface area contributed by atoms with Gasteiger partial charge in [-0.1, -0.05) is 6.07 Å². The molecule has 1 N–H and O–H groups in total. The zero-order chi connectivity index (χ0) is 14.1. The first kappa shape index (κ1) is 13.9. The summed E-state index contributed by atoms with van der Waals surface area (Å²) in [5.41, 5.74) is -2.59. The quantitative estimate of drug-likeness (QED) is 0.671. The van der Waals surface area contributed by atoms with Crippen LogP contribution in [0.4, 0.5) is 18.9 Å². The fourth-order valence-corrected chi connectivity index (χ4v) is 1.35. The number of alkyl halides is 3. The monoisotopic (exact) mass is 263 g/mol. The highest BCUT2D eigenvalue weighted by molar-refractivity contribution is 5.76. The summed E-state index contributed by atoms with van der Waals surface area (Å²) in [7, 11) is 0. The number of carboxylic acid groups (broad SMARTS) is 1. The van der Waals surface area contributed by atoms with Crippen LogP contribution in [0, 0.1) is 10.1 Å². The number of nitro benzene ring substituents is 1. The number of nitro groups is 1. The molecular formula is C10H8F3NO4. The van der Waals surface area contributed by atoms with Crippen LogP contribution in [0.15, 0.2) is 18.2 Å². The number of nitrogens with zero attached hydrogens (tertiary/aromatic N) is 1. The highest BCUT2D eigenvalue weighted by atomic mass is 19.4. The van der Waals surface area contributed by atoms with Crippen LogP contribution in [-0.4, -0.2) is 16.0 Å². The van der Waals surface area contributed by atoms with Gasteiger partial charge >= 0.3 is 12.1 Å². The number of benzene rings is 1. The molecule has 1 aromatic rings. The Bertz CT molecular complexity index is 498. The predicted molar refractivity (Wildman–Crippen MR) is 54.1 cm³/mol. The van der Waals surface area contributed by atoms with Gasteiger partial charge < -0.3 is 5.11 Å². The van der Waals surface area contributed by atoms with E-state index in [9.17, 15) is 28.1 Å². The number of carboxylic acids is 1. The fraction of sp³-hybridized carbons (Fsp3) is 0.300. The van der Waals surface area contributed by atoms with Gasteiger partial charge in [-0.25, -0.2) is 0 Å². The molecule has 0 aliphatic carbocycles. The lowest BCUT2D eigenvalue weighted by Crippen LogP contribution is -2.12. The average Bonchev–Trinajstić information content (AvgIpc) is 2.25. The normalized spacial score (nSPS) is 13.1. The van der Waals surface area contributed by atoms with Crippen LogP contribution in [0.2, 0.25) is 0 Å². The van der Waals surface area contributed by atoms with Gasteiger partial charge in [-0.05, 0) is 18.6 Å². The van der Waals surface area contributed by atoms with Crippen LogP contribution in [0.3, 0.4) is 0 Å². The summed E-state index contributed by atoms with van der Waals surface area (Å²) in [6, 6.07) is 2.09. The lowest BCUT2D eigenvalue weighted by molar-refractivity contribution is -0.388. The molecule has 0 saturated carbocycles. The summed E-state index contributed by atoms with van der Waals surface area (Å²) in [4.78, 5) is 20.1. The van der Waals surface area contributed by atoms with Crippen molar-refractivity contribution in [1.82, 2.24) is 0 Å². The summed E-state index contributed by atoms with van der Waals surface area (Å²) in [5.74, 6) is -2.39. The minimum absolute atomic E-state index is 0.0535. The zero-order valence-corrected chi connectivity index (χ0v) is 9.06. The molecule has 0 radical (unpaired) electrons. The van der Waals surface area contributed by atoms with E-state index < -0.39 is 34.2 Å². The Labute approximate surface area is 99.0 Å². The van der Waals surface area contributed by atoms with Crippen LogP contribution < -0.4 is 0 Å². The van der Waals surface area contributed by atoms with E-state index in [1.165, 1.54) is 6.92 Å². The van der Waals surface area contributed by atoms with Crippen molar-refractivity contribution >= 4 is 11.7 Å². The van der Waals surface area contributed by atoms with E-state index in [1.54, 1.807) is 0 Å². The second-order valence-corrected chi connectivity index (χ2v) is 3.59. The van der Waals surface area contributed by atoms with E-state index in [-0.39, 0.29) is 5.56 Å². The van der Waals surface area contributed by atoms with Crippen molar-refractivity contribution in [1.29, 1.82) is 0 Å². The van der Waals surface area contributed by atoms with Crippen LogP contribution in [0.5, 0.6) is 0 Å². The molecule has 18 heavy (non-hydrogen) atoms. The van der Waals surface area contributed by atoms with E-state index in [0.29, 0.717) is 12.1 Å². The molecule has 98 valence electrons. The van der Waals surface area contributed by atoms with Crippen LogP contribution >= 0.6 is 0 Å². The molecule has 0 heterocycles. The van der Waals surface area contributed by atoms with E-state index in [2.05, 4.69) is 0 Å². The topological polar surface area (TPSA) is 80.4 Å². The number of rotatable bonds is 3. The number of aliphatic carboxylic acids is 1. The molecule has 0 fully saturated rings. The molecule has 1 atom stereocenters. The molecular weight excluding hydrogens is 255 g/mol. The minimum atomic E-state index is -4.85. The lowest BCUT2D eigenvalue weighted by Gasteiger charge is -2.10. The summed E-state index contributed by atoms with van der Waals surface area (Å²) in [5, 5.41) is 19.3. The molecule has 1 unspecified atom stereocenters. The SMILES string of the molecule is CC(C(=O)O)c1ccc(C(F)(F)F)c([N+](=O)[O-])c1. The number of halogens is 3. The summed E-state index contributed by atoms with van der Waals surface area (Å²) < 4.78 is 37.4. The van der Waals surface area contributed by atoms with Gasteiger partial charge in [0.2, 0.25) is 0 Å². The summed E-state index contributed by atoms with van der Waals surface area (Å²) >= 11 is 0. The van der Waals surface area contributed by atoms with Crippen molar-refractivity contribution in [2.45, 2.75) is 19.0 Å². The molecule has 0 spiro atoms. The predicted octanol–water partition coefficient (Wildman–Crippen LogP) is 2.80. The number of hydrogen-bond acceptors (Lipinski definition) is 3. The zero-order valence-electron chi connectivity index (χ0n) is 9.06. The molecule has 1 rings (SSSR count). The first-order valence-corrected chi connectivity index (χ1v) is 4.73. The highest BCUT2D eigenvalue weighted by Crippen LogP contribution is 2.37. The second kappa shape index (κ2) is 4.63. The van der Waals surface area contributed by atoms with Crippen molar-refractivity contribution < 1.29 is 28.0 Å². The molecule has 5 nitrogen and oxygen atoms in total. The Balaban J connectivity index is 3.37. The molecule has 0 saturated heterocycles. The van der Waals surface area contributed by atoms with Gasteiger partial charge in [0.05, 0.1) is 10.8 Å². The first-order valence-electron chi connectivity index (χ1n) is 4.73. The van der Waals surface area contributed by atoms with Crippen LogP contribution in [0.1, 0.15) is 24.0 Å². The minimum Gasteiger partial charge on any atom is -0.481 e. The third-order valence-electron chi connectivity index (χ3n) is 2.39. The third kappa shape index (κ3) is 2.76. The Morgan fingerprint density at radius 3 is 2.39 bits per heavy atom. The lowest BCUT2D eigenvalue weighted by atomic mass is 9.98. The second-order valence-electron chi connectivity index (χ2n) is 3.59. The van der Waals surface area contributed by atoms with Crippen LogP contribution in [-0.2, 0) is 11.0 Å². The largest absolute Gasteiger partial charge is 0.481 e. The number of hydrogen-bond donors (Lipinski definition) is 1. The Morgan fingerprint density at radius 1 is 1.44 bits per heavy atom. The molecule has 0 aromatic heterocycles. The third-order valence-corrected chi connectivity index (χ3v) is 2.39. The van der Waals surface area contributed by atoms with Crippen molar-refractivity contribution in [3.63, 3.8) is 0 Å². The molecule has 0 aliphatic heterocycles. The fourth-order valence-electron chi connectivity index (χ4n) is 1.35. The molecule has 8 heteroatoms. The standard InChI is InChI=1S/C10H8F3NO4/c1-5(9(15)16)6-2-3-7(10(11,12)13)8(4-6)14(17)18/h2-5H,1H3,(H,15,16). The van der Waals surface area contributed by atoms with Gasteiger partial charge in [-0.15, -0.1) is 0 Å². The number of carbonyl (C=O) groups is 1. The van der Waals surface area contributed by atoms with E-state index >= 15 is 0 Å². The summed E-state index contributed by atoms with van der Waals surface area (Å²) in [6.07, 6.45) is -4.85. The van der Waals surface area contributed by atoms with Gasteiger partial charge in [0.1, 0.15) is 5.56 Å². The van der Waals surface area contributed by atoms with Gasteiger partial charge in [0, 0.05) is 6.07 Å². The van der Waals surface area contributed by atoms with Crippen LogP contribution in [0.25, 0.3) is 0 Å². The maximum absolute atomic E-state index is 12.5. The van der Waals surface area contributed by atoms with Crippen molar-refractivity contribution in [3.8, 4) is 0 Å². The van der Waals surface area contributed by atoms with Gasteiger partial charge in [0.15, 0.2) is 0 Å². The van der Waals surface area contributed by atoms with E-state index in [1.807, 2.05) is 0 Å². The molecule has 1 aromatic carbocycles. The van der Waals surface area contributed by atoms with E-state index in [0.717, 1.165) is 6.07 Å². The van der Waals surface area contributed by atoms with E-state index in [4.69, 9.17) is 5.11 Å².